The zero-order chi connectivity index (χ0) is 28.8. The fraction of sp³-hybridized carbons (Fsp3) is 0.259. The van der Waals surface area contributed by atoms with Crippen LogP contribution in [0, 0.1) is 6.92 Å². The average molecular weight is 623 g/mol. The molecule has 3 aromatic carbocycles. The highest BCUT2D eigenvalue weighted by Gasteiger charge is 2.32. The standard InChI is InChI=1S/C27H26Cl3N5O4S/c1-15-8-17(26(36)33-27(31)32)10-23-24(15)39-25-18(14-40(23,37)38)9-20(12-22(25)30)35-6-4-34(5-7-35)13-16-2-3-19(28)11-21(16)29/h2-3,8-12H,4-7,13-14H2,1H3,(H4,31,32,33,36). The molecule has 0 unspecified atom stereocenters. The molecule has 3 aromatic rings. The van der Waals surface area contributed by atoms with Crippen LogP contribution in [0.4, 0.5) is 5.69 Å². The number of halogens is 3. The minimum Gasteiger partial charge on any atom is -0.454 e. The van der Waals surface area contributed by atoms with E-state index < -0.39 is 21.7 Å². The number of guanidine groups is 1. The molecule has 2 aliphatic rings. The molecule has 0 aromatic heterocycles. The number of nitrogens with zero attached hydrogens (tertiary/aromatic N) is 3. The van der Waals surface area contributed by atoms with Crippen molar-refractivity contribution in [1.29, 1.82) is 0 Å². The van der Waals surface area contributed by atoms with Gasteiger partial charge in [0.25, 0.3) is 5.91 Å². The summed E-state index contributed by atoms with van der Waals surface area (Å²) in [5, 5.41) is 1.53. The summed E-state index contributed by atoms with van der Waals surface area (Å²) < 4.78 is 33.1. The molecule has 1 saturated heterocycles. The second kappa shape index (κ2) is 11.1. The van der Waals surface area contributed by atoms with E-state index in [1.165, 1.54) is 12.1 Å². The number of sulfone groups is 1. The van der Waals surface area contributed by atoms with Crippen molar-refractivity contribution in [3.05, 3.63) is 79.8 Å². The van der Waals surface area contributed by atoms with Crippen molar-refractivity contribution in [3.63, 3.8) is 0 Å². The summed E-state index contributed by atoms with van der Waals surface area (Å²) in [5.41, 5.74) is 13.4. The number of hydrogen-bond donors (Lipinski definition) is 2. The normalized spacial score (nSPS) is 16.4. The quantitative estimate of drug-likeness (QED) is 0.314. The monoisotopic (exact) mass is 621 g/mol. The highest BCUT2D eigenvalue weighted by Crippen LogP contribution is 2.45. The molecule has 0 atom stereocenters. The molecule has 2 heterocycles. The Morgan fingerprint density at radius 3 is 2.38 bits per heavy atom. The number of piperazine rings is 1. The molecule has 0 radical (unpaired) electrons. The van der Waals surface area contributed by atoms with Gasteiger partial charge in [-0.3, -0.25) is 9.69 Å². The maximum Gasteiger partial charge on any atom is 0.280 e. The SMILES string of the molecule is Cc1cc(C(=O)N=C(N)N)cc2c1Oc1c(Cl)cc(N3CCN(Cc4ccc(Cl)cc4Cl)CC3)cc1CS2(=O)=O. The number of aliphatic imine (C=N–C) groups is 1. The van der Waals surface area contributed by atoms with Crippen molar-refractivity contribution in [2.45, 2.75) is 24.1 Å². The lowest BCUT2D eigenvalue weighted by atomic mass is 10.1. The predicted molar refractivity (Wildman–Crippen MR) is 158 cm³/mol. The van der Waals surface area contributed by atoms with Gasteiger partial charge in [0.15, 0.2) is 15.8 Å². The van der Waals surface area contributed by atoms with Gasteiger partial charge in [0.1, 0.15) is 16.4 Å². The fourth-order valence-electron chi connectivity index (χ4n) is 4.89. The number of aryl methyl sites for hydroxylation is 1. The van der Waals surface area contributed by atoms with Crippen molar-refractivity contribution in [2.24, 2.45) is 16.5 Å². The minimum atomic E-state index is -3.91. The van der Waals surface area contributed by atoms with Crippen molar-refractivity contribution < 1.29 is 17.9 Å². The smallest absolute Gasteiger partial charge is 0.280 e. The van der Waals surface area contributed by atoms with E-state index in [9.17, 15) is 13.2 Å². The van der Waals surface area contributed by atoms with Gasteiger partial charge >= 0.3 is 0 Å². The molecule has 4 N–H and O–H groups in total. The number of amides is 1. The number of rotatable bonds is 4. The van der Waals surface area contributed by atoms with Crippen LogP contribution in [-0.2, 0) is 22.1 Å². The summed E-state index contributed by atoms with van der Waals surface area (Å²) >= 11 is 19.0. The van der Waals surface area contributed by atoms with E-state index in [1.54, 1.807) is 25.1 Å². The molecule has 0 aliphatic carbocycles. The summed E-state index contributed by atoms with van der Waals surface area (Å²) in [7, 11) is -3.91. The van der Waals surface area contributed by atoms with Gasteiger partial charge in [0, 0.05) is 59.6 Å². The summed E-state index contributed by atoms with van der Waals surface area (Å²) in [5.74, 6) is -1.13. The maximum atomic E-state index is 13.5. The number of anilines is 1. The van der Waals surface area contributed by atoms with Gasteiger partial charge < -0.3 is 21.1 Å². The second-order valence-electron chi connectivity index (χ2n) is 9.74. The molecule has 13 heteroatoms. The third-order valence-electron chi connectivity index (χ3n) is 6.85. The lowest BCUT2D eigenvalue weighted by Gasteiger charge is -2.36. The molecule has 40 heavy (non-hydrogen) atoms. The van der Waals surface area contributed by atoms with Crippen LogP contribution in [0.5, 0.6) is 11.5 Å². The predicted octanol–water partition coefficient (Wildman–Crippen LogP) is 4.77. The first kappa shape index (κ1) is 28.5. The van der Waals surface area contributed by atoms with E-state index >= 15 is 0 Å². The van der Waals surface area contributed by atoms with E-state index in [0.29, 0.717) is 45.8 Å². The van der Waals surface area contributed by atoms with Gasteiger partial charge in [-0.1, -0.05) is 40.9 Å². The van der Waals surface area contributed by atoms with Gasteiger partial charge in [0.05, 0.1) is 10.8 Å². The number of ether oxygens (including phenoxy) is 1. The number of fused-ring (bicyclic) bond motifs is 2. The Morgan fingerprint density at radius 1 is 0.975 bits per heavy atom. The summed E-state index contributed by atoms with van der Waals surface area (Å²) in [6.07, 6.45) is 0. The Hall–Kier alpha value is -3.02. The zero-order valence-electron chi connectivity index (χ0n) is 21.5. The van der Waals surface area contributed by atoms with Gasteiger partial charge in [0.2, 0.25) is 0 Å². The number of carbonyl (C=O) groups excluding carboxylic acids is 1. The topological polar surface area (TPSA) is 131 Å². The fourth-order valence-corrected chi connectivity index (χ4v) is 7.20. The van der Waals surface area contributed by atoms with Crippen LogP contribution in [0.1, 0.15) is 27.0 Å². The Labute approximate surface area is 247 Å². The highest BCUT2D eigenvalue weighted by molar-refractivity contribution is 7.90. The first-order chi connectivity index (χ1) is 18.9. The van der Waals surface area contributed by atoms with Crippen LogP contribution in [0.15, 0.2) is 52.4 Å². The third-order valence-corrected chi connectivity index (χ3v) is 9.39. The molecule has 0 saturated carbocycles. The molecule has 5 rings (SSSR count). The van der Waals surface area contributed by atoms with Crippen molar-refractivity contribution in [1.82, 2.24) is 4.90 Å². The summed E-state index contributed by atoms with van der Waals surface area (Å²) in [6.45, 7) is 5.32. The van der Waals surface area contributed by atoms with Gasteiger partial charge in [-0.15, -0.1) is 0 Å². The molecule has 9 nitrogen and oxygen atoms in total. The van der Waals surface area contributed by atoms with Crippen LogP contribution in [0.2, 0.25) is 15.1 Å². The second-order valence-corrected chi connectivity index (χ2v) is 12.9. The number of carbonyl (C=O) groups is 1. The van der Waals surface area contributed by atoms with E-state index in [0.717, 1.165) is 24.3 Å². The lowest BCUT2D eigenvalue weighted by Crippen LogP contribution is -2.46. The van der Waals surface area contributed by atoms with Gasteiger partial charge in [-0.05, 0) is 54.4 Å². The third kappa shape index (κ3) is 5.87. The number of hydrogen-bond acceptors (Lipinski definition) is 6. The zero-order valence-corrected chi connectivity index (χ0v) is 24.5. The average Bonchev–Trinajstić information content (AvgIpc) is 2.99. The van der Waals surface area contributed by atoms with E-state index in [-0.39, 0.29) is 27.7 Å². The highest BCUT2D eigenvalue weighted by atomic mass is 35.5. The Balaban J connectivity index is 1.39. The first-order valence-corrected chi connectivity index (χ1v) is 15.1. The molecule has 210 valence electrons. The molecule has 1 amide bonds. The largest absolute Gasteiger partial charge is 0.454 e. The lowest BCUT2D eigenvalue weighted by molar-refractivity contribution is 0.100. The first-order valence-electron chi connectivity index (χ1n) is 12.3. The molecule has 0 bridgehead atoms. The Bertz CT molecular complexity index is 1650. The van der Waals surface area contributed by atoms with Crippen molar-refractivity contribution in [2.75, 3.05) is 31.1 Å². The van der Waals surface area contributed by atoms with Crippen LogP contribution in [-0.4, -0.2) is 51.4 Å². The van der Waals surface area contributed by atoms with Crippen molar-refractivity contribution in [3.8, 4) is 11.5 Å². The molecule has 1 fully saturated rings. The Morgan fingerprint density at radius 2 is 1.70 bits per heavy atom. The van der Waals surface area contributed by atoms with Gasteiger partial charge in [-0.25, -0.2) is 8.42 Å². The minimum absolute atomic E-state index is 0.0346. The van der Waals surface area contributed by atoms with Crippen LogP contribution in [0.25, 0.3) is 0 Å². The van der Waals surface area contributed by atoms with Crippen LogP contribution in [0.3, 0.4) is 0 Å². The van der Waals surface area contributed by atoms with Crippen LogP contribution >= 0.6 is 34.8 Å². The van der Waals surface area contributed by atoms with Crippen LogP contribution < -0.4 is 21.1 Å². The molecular weight excluding hydrogens is 597 g/mol. The maximum absolute atomic E-state index is 13.5. The summed E-state index contributed by atoms with van der Waals surface area (Å²) in [4.78, 5) is 20.3. The molecule has 2 aliphatic heterocycles. The van der Waals surface area contributed by atoms with E-state index in [2.05, 4.69) is 14.8 Å². The number of benzene rings is 3. The van der Waals surface area contributed by atoms with Gasteiger partial charge in [-0.2, -0.15) is 4.99 Å². The van der Waals surface area contributed by atoms with E-state index in [1.807, 2.05) is 12.1 Å². The summed E-state index contributed by atoms with van der Waals surface area (Å²) in [6, 6.07) is 11.8. The number of nitrogens with two attached hydrogens (primary N) is 2. The van der Waals surface area contributed by atoms with E-state index in [4.69, 9.17) is 51.0 Å². The molecular formula is C27H26Cl3N5O4S. The Kier molecular flexibility index (Phi) is 7.91. The van der Waals surface area contributed by atoms with Crippen molar-refractivity contribution >= 4 is 62.2 Å². The molecule has 0 spiro atoms.